The third kappa shape index (κ3) is 3.67. The highest BCUT2D eigenvalue weighted by atomic mass is 35.5. The Bertz CT molecular complexity index is 482. The van der Waals surface area contributed by atoms with Crippen molar-refractivity contribution in [2.24, 2.45) is 0 Å². The molecule has 2 aliphatic heterocycles. The van der Waals surface area contributed by atoms with Gasteiger partial charge >= 0.3 is 0 Å². The molecule has 1 N–H and O–H groups in total. The summed E-state index contributed by atoms with van der Waals surface area (Å²) >= 11 is 5.81. The fraction of sp³-hybridized carbons (Fsp3) is 0.533. The van der Waals surface area contributed by atoms with Gasteiger partial charge in [0, 0.05) is 50.3 Å². The molecule has 1 aromatic carbocycles. The quantitative estimate of drug-likeness (QED) is 0.895. The van der Waals surface area contributed by atoms with Crippen molar-refractivity contribution in [3.05, 3.63) is 29.3 Å². The number of piperazine rings is 1. The first kappa shape index (κ1) is 14.6. The Hall–Kier alpha value is -1.30. The predicted molar refractivity (Wildman–Crippen MR) is 81.8 cm³/mol. The average Bonchev–Trinajstić information content (AvgIpc) is 2.46. The molecule has 0 atom stereocenters. The number of likely N-dealkylation sites (tertiary alicyclic amines) is 1. The number of amides is 1. The summed E-state index contributed by atoms with van der Waals surface area (Å²) in [6.45, 7) is 5.98. The Labute approximate surface area is 129 Å². The molecule has 0 aliphatic carbocycles. The zero-order valence-corrected chi connectivity index (χ0v) is 12.7. The van der Waals surface area contributed by atoms with E-state index in [1.165, 1.54) is 0 Å². The molecular formula is C15H20ClN3O2. The molecule has 3 rings (SSSR count). The standard InChI is InChI=1S/C15H20ClN3O2/c16-12-1-3-14(4-2-12)21-11-15(20)19-9-13(10-19)18-7-5-17-6-8-18/h1-4,13,17H,5-11H2. The van der Waals surface area contributed by atoms with Crippen LogP contribution < -0.4 is 10.1 Å². The van der Waals surface area contributed by atoms with E-state index >= 15 is 0 Å². The van der Waals surface area contributed by atoms with Crippen molar-refractivity contribution in [1.82, 2.24) is 15.1 Å². The first-order valence-corrected chi connectivity index (χ1v) is 7.71. The normalized spacial score (nSPS) is 20.1. The Morgan fingerprint density at radius 2 is 1.90 bits per heavy atom. The number of carbonyl (C=O) groups excluding carboxylic acids is 1. The smallest absolute Gasteiger partial charge is 0.260 e. The summed E-state index contributed by atoms with van der Waals surface area (Å²) in [6, 6.07) is 7.58. The third-order valence-electron chi connectivity index (χ3n) is 4.06. The predicted octanol–water partition coefficient (Wildman–Crippen LogP) is 0.835. The first-order chi connectivity index (χ1) is 10.2. The summed E-state index contributed by atoms with van der Waals surface area (Å²) in [5.74, 6) is 0.725. The molecule has 0 unspecified atom stereocenters. The molecule has 0 radical (unpaired) electrons. The lowest BCUT2D eigenvalue weighted by atomic mass is 10.1. The van der Waals surface area contributed by atoms with E-state index in [2.05, 4.69) is 10.2 Å². The fourth-order valence-corrected chi connectivity index (χ4v) is 2.83. The van der Waals surface area contributed by atoms with Gasteiger partial charge in [0.1, 0.15) is 5.75 Å². The molecule has 0 spiro atoms. The number of benzene rings is 1. The average molecular weight is 310 g/mol. The minimum Gasteiger partial charge on any atom is -0.484 e. The maximum absolute atomic E-state index is 12.0. The van der Waals surface area contributed by atoms with E-state index in [1.54, 1.807) is 24.3 Å². The minimum atomic E-state index is 0.0522. The summed E-state index contributed by atoms with van der Waals surface area (Å²) in [6.07, 6.45) is 0. The van der Waals surface area contributed by atoms with Crippen molar-refractivity contribution < 1.29 is 9.53 Å². The van der Waals surface area contributed by atoms with Gasteiger partial charge in [-0.1, -0.05) is 11.6 Å². The molecular weight excluding hydrogens is 290 g/mol. The van der Waals surface area contributed by atoms with E-state index in [0.717, 1.165) is 39.3 Å². The van der Waals surface area contributed by atoms with E-state index in [-0.39, 0.29) is 12.5 Å². The van der Waals surface area contributed by atoms with E-state index in [9.17, 15) is 4.79 Å². The van der Waals surface area contributed by atoms with Gasteiger partial charge in [-0.2, -0.15) is 0 Å². The van der Waals surface area contributed by atoms with Crippen LogP contribution in [0.5, 0.6) is 5.75 Å². The molecule has 5 nitrogen and oxygen atoms in total. The van der Waals surface area contributed by atoms with Crippen molar-refractivity contribution >= 4 is 17.5 Å². The Morgan fingerprint density at radius 3 is 2.57 bits per heavy atom. The second-order valence-electron chi connectivity index (χ2n) is 5.48. The van der Waals surface area contributed by atoms with E-state index < -0.39 is 0 Å². The number of carbonyl (C=O) groups is 1. The molecule has 6 heteroatoms. The molecule has 0 bridgehead atoms. The summed E-state index contributed by atoms with van der Waals surface area (Å²) in [5.41, 5.74) is 0. The SMILES string of the molecule is O=C(COc1ccc(Cl)cc1)N1CC(N2CCNCC2)C1. The summed E-state index contributed by atoms with van der Waals surface area (Å²) in [5, 5.41) is 4.00. The van der Waals surface area contributed by atoms with Crippen molar-refractivity contribution in [3.8, 4) is 5.75 Å². The van der Waals surface area contributed by atoms with Gasteiger partial charge in [-0.05, 0) is 24.3 Å². The van der Waals surface area contributed by atoms with Crippen molar-refractivity contribution in [1.29, 1.82) is 0 Å². The zero-order valence-electron chi connectivity index (χ0n) is 11.9. The fourth-order valence-electron chi connectivity index (χ4n) is 2.70. The lowest BCUT2D eigenvalue weighted by Gasteiger charge is -2.46. The highest BCUT2D eigenvalue weighted by molar-refractivity contribution is 6.30. The Morgan fingerprint density at radius 1 is 1.24 bits per heavy atom. The Balaban J connectivity index is 1.40. The van der Waals surface area contributed by atoms with Gasteiger partial charge in [0.2, 0.25) is 0 Å². The van der Waals surface area contributed by atoms with Gasteiger partial charge in [0.15, 0.2) is 6.61 Å². The van der Waals surface area contributed by atoms with E-state index in [1.807, 2.05) is 4.90 Å². The van der Waals surface area contributed by atoms with Crippen LogP contribution in [-0.4, -0.2) is 67.6 Å². The van der Waals surface area contributed by atoms with E-state index in [4.69, 9.17) is 16.3 Å². The van der Waals surface area contributed by atoms with Crippen LogP contribution in [0.15, 0.2) is 24.3 Å². The van der Waals surface area contributed by atoms with Crippen LogP contribution in [0.25, 0.3) is 0 Å². The number of halogens is 1. The van der Waals surface area contributed by atoms with Crippen LogP contribution in [0.3, 0.4) is 0 Å². The number of nitrogens with one attached hydrogen (secondary N) is 1. The molecule has 2 fully saturated rings. The summed E-state index contributed by atoms with van der Waals surface area (Å²) < 4.78 is 5.49. The van der Waals surface area contributed by atoms with E-state index in [0.29, 0.717) is 16.8 Å². The first-order valence-electron chi connectivity index (χ1n) is 7.33. The number of ether oxygens (including phenoxy) is 1. The molecule has 0 aromatic heterocycles. The topological polar surface area (TPSA) is 44.8 Å². The van der Waals surface area contributed by atoms with Crippen LogP contribution in [0.2, 0.25) is 5.02 Å². The summed E-state index contributed by atoms with van der Waals surface area (Å²) in [4.78, 5) is 16.4. The van der Waals surface area contributed by atoms with Gasteiger partial charge in [-0.3, -0.25) is 9.69 Å². The molecule has 114 valence electrons. The lowest BCUT2D eigenvalue weighted by molar-refractivity contribution is -0.141. The lowest BCUT2D eigenvalue weighted by Crippen LogP contribution is -2.64. The van der Waals surface area contributed by atoms with Gasteiger partial charge in [-0.25, -0.2) is 0 Å². The Kier molecular flexibility index (Phi) is 4.63. The molecule has 2 heterocycles. The molecule has 0 saturated carbocycles. The van der Waals surface area contributed by atoms with Crippen molar-refractivity contribution in [2.75, 3.05) is 45.9 Å². The van der Waals surface area contributed by atoms with Gasteiger partial charge in [0.25, 0.3) is 5.91 Å². The minimum absolute atomic E-state index is 0.0522. The second kappa shape index (κ2) is 6.64. The van der Waals surface area contributed by atoms with Crippen LogP contribution in [-0.2, 0) is 4.79 Å². The number of hydrogen-bond donors (Lipinski definition) is 1. The van der Waals surface area contributed by atoms with Gasteiger partial charge in [-0.15, -0.1) is 0 Å². The summed E-state index contributed by atoms with van der Waals surface area (Å²) in [7, 11) is 0. The van der Waals surface area contributed by atoms with Gasteiger partial charge in [0.05, 0.1) is 0 Å². The third-order valence-corrected chi connectivity index (χ3v) is 4.31. The monoisotopic (exact) mass is 309 g/mol. The van der Waals surface area contributed by atoms with Crippen LogP contribution in [0.1, 0.15) is 0 Å². The zero-order chi connectivity index (χ0) is 14.7. The maximum atomic E-state index is 12.0. The number of hydrogen-bond acceptors (Lipinski definition) is 4. The van der Waals surface area contributed by atoms with Crippen molar-refractivity contribution in [2.45, 2.75) is 6.04 Å². The highest BCUT2D eigenvalue weighted by Gasteiger charge is 2.35. The largest absolute Gasteiger partial charge is 0.484 e. The molecule has 21 heavy (non-hydrogen) atoms. The highest BCUT2D eigenvalue weighted by Crippen LogP contribution is 2.18. The van der Waals surface area contributed by atoms with Crippen LogP contribution in [0, 0.1) is 0 Å². The molecule has 2 aliphatic rings. The number of nitrogens with zero attached hydrogens (tertiary/aromatic N) is 2. The molecule has 2 saturated heterocycles. The molecule has 1 amide bonds. The second-order valence-corrected chi connectivity index (χ2v) is 5.92. The van der Waals surface area contributed by atoms with Crippen LogP contribution in [0.4, 0.5) is 0 Å². The van der Waals surface area contributed by atoms with Crippen molar-refractivity contribution in [3.63, 3.8) is 0 Å². The van der Waals surface area contributed by atoms with Crippen LogP contribution >= 0.6 is 11.6 Å². The molecule has 1 aromatic rings. The van der Waals surface area contributed by atoms with Gasteiger partial charge < -0.3 is 15.0 Å². The maximum Gasteiger partial charge on any atom is 0.260 e. The number of rotatable bonds is 4.